The summed E-state index contributed by atoms with van der Waals surface area (Å²) in [6.45, 7) is 6.09. The maximum atomic E-state index is 13.1. The minimum absolute atomic E-state index is 0.0145. The molecule has 290 valence electrons. The molecule has 0 spiro atoms. The third kappa shape index (κ3) is 9.29. The molecule has 4 N–H and O–H groups in total. The van der Waals surface area contributed by atoms with E-state index in [1.807, 2.05) is 48.7 Å². The number of aldehydes is 1. The molecule has 4 aromatic heterocycles. The summed E-state index contributed by atoms with van der Waals surface area (Å²) < 4.78 is 0. The normalized spacial score (nSPS) is 14.4. The van der Waals surface area contributed by atoms with Crippen molar-refractivity contribution in [3.8, 4) is 23.0 Å². The maximum absolute atomic E-state index is 13.1. The number of nitrogens with one attached hydrogen (secondary N) is 4. The number of pyridine rings is 2. The number of hydrogen-bond donors (Lipinski definition) is 4. The number of rotatable bonds is 15. The lowest BCUT2D eigenvalue weighted by atomic mass is 9.94. The molecule has 0 saturated heterocycles. The first-order valence-electron chi connectivity index (χ1n) is 19.4. The lowest BCUT2D eigenvalue weighted by Crippen LogP contribution is -2.28. The summed E-state index contributed by atoms with van der Waals surface area (Å²) in [6, 6.07) is 25.6. The molecule has 12 nitrogen and oxygen atoms in total. The van der Waals surface area contributed by atoms with Crippen LogP contribution in [0.5, 0.6) is 0 Å². The Labute approximate surface area is 330 Å². The molecule has 0 bridgehead atoms. The smallest absolute Gasteiger partial charge is 0.254 e. The van der Waals surface area contributed by atoms with Gasteiger partial charge in [-0.2, -0.15) is 0 Å². The number of carbonyl (C=O) groups excluding carboxylic acids is 2. The SMILES string of the molecule is Cc1nc(-c2ccc(CC(C)c3ccc(NCC(C=O)Cc4c(C)nc(-c5ccccn5)[nH]c4=O)cc3)cn2)[nH]c(=O)c1CCC(=O)NC1CCc2ccccc21. The van der Waals surface area contributed by atoms with Crippen molar-refractivity contribution in [3.63, 3.8) is 0 Å². The minimum atomic E-state index is -0.421. The highest BCUT2D eigenvalue weighted by molar-refractivity contribution is 5.77. The van der Waals surface area contributed by atoms with Gasteiger partial charge in [0.25, 0.3) is 11.1 Å². The molecular formula is C45H46N8O4. The Balaban J connectivity index is 0.899. The third-order valence-corrected chi connectivity index (χ3v) is 10.7. The second-order valence-corrected chi connectivity index (χ2v) is 14.8. The molecule has 4 heterocycles. The number of nitrogens with zero attached hydrogens (tertiary/aromatic N) is 4. The Kier molecular flexibility index (Phi) is 11.9. The third-order valence-electron chi connectivity index (χ3n) is 10.7. The van der Waals surface area contributed by atoms with Crippen molar-refractivity contribution >= 4 is 17.9 Å². The number of anilines is 1. The molecule has 2 aromatic carbocycles. The second kappa shape index (κ2) is 17.5. The van der Waals surface area contributed by atoms with Gasteiger partial charge in [0.15, 0.2) is 11.6 Å². The minimum Gasteiger partial charge on any atom is -0.384 e. The van der Waals surface area contributed by atoms with E-state index < -0.39 is 5.92 Å². The van der Waals surface area contributed by atoms with Gasteiger partial charge in [-0.1, -0.05) is 55.5 Å². The van der Waals surface area contributed by atoms with Crippen LogP contribution >= 0.6 is 0 Å². The van der Waals surface area contributed by atoms with Gasteiger partial charge < -0.3 is 25.4 Å². The van der Waals surface area contributed by atoms with Gasteiger partial charge in [0.05, 0.1) is 6.04 Å². The lowest BCUT2D eigenvalue weighted by Gasteiger charge is -2.16. The highest BCUT2D eigenvalue weighted by Crippen LogP contribution is 2.31. The molecule has 6 aromatic rings. The average molecular weight is 763 g/mol. The topological polar surface area (TPSA) is 175 Å². The Hall–Kier alpha value is -6.56. The van der Waals surface area contributed by atoms with Crippen molar-refractivity contribution in [2.24, 2.45) is 5.92 Å². The van der Waals surface area contributed by atoms with E-state index in [-0.39, 0.29) is 41.8 Å². The summed E-state index contributed by atoms with van der Waals surface area (Å²) in [7, 11) is 0. The van der Waals surface area contributed by atoms with Crippen LogP contribution in [0.2, 0.25) is 0 Å². The number of fused-ring (bicyclic) bond motifs is 1. The van der Waals surface area contributed by atoms with Crippen LogP contribution in [0.1, 0.15) is 76.5 Å². The highest BCUT2D eigenvalue weighted by atomic mass is 16.2. The zero-order chi connectivity index (χ0) is 39.9. The Morgan fingerprint density at radius 3 is 2.21 bits per heavy atom. The van der Waals surface area contributed by atoms with Crippen LogP contribution in [0.25, 0.3) is 23.0 Å². The maximum Gasteiger partial charge on any atom is 0.254 e. The predicted octanol–water partition coefficient (Wildman–Crippen LogP) is 6.15. The molecule has 1 aliphatic carbocycles. The number of H-pyrrole nitrogens is 2. The van der Waals surface area contributed by atoms with E-state index in [4.69, 9.17) is 0 Å². The van der Waals surface area contributed by atoms with Gasteiger partial charge >= 0.3 is 0 Å². The number of amides is 1. The van der Waals surface area contributed by atoms with E-state index in [1.165, 1.54) is 11.1 Å². The summed E-state index contributed by atoms with van der Waals surface area (Å²) in [5.41, 5.74) is 8.28. The summed E-state index contributed by atoms with van der Waals surface area (Å²) in [5.74, 6) is 0.495. The predicted molar refractivity (Wildman–Crippen MR) is 220 cm³/mol. The summed E-state index contributed by atoms with van der Waals surface area (Å²) in [6.07, 6.45) is 7.70. The largest absolute Gasteiger partial charge is 0.384 e. The van der Waals surface area contributed by atoms with Gasteiger partial charge in [-0.05, 0) is 104 Å². The molecule has 1 amide bonds. The van der Waals surface area contributed by atoms with Crippen LogP contribution in [0.3, 0.4) is 0 Å². The quantitative estimate of drug-likeness (QED) is 0.0895. The zero-order valence-electron chi connectivity index (χ0n) is 32.3. The van der Waals surface area contributed by atoms with Crippen LogP contribution in [-0.2, 0) is 35.3 Å². The van der Waals surface area contributed by atoms with E-state index in [0.29, 0.717) is 58.5 Å². The number of aryl methyl sites for hydroxylation is 3. The van der Waals surface area contributed by atoms with Crippen molar-refractivity contribution in [1.29, 1.82) is 0 Å². The number of benzene rings is 2. The number of hydrogen-bond acceptors (Lipinski definition) is 9. The van der Waals surface area contributed by atoms with Crippen LogP contribution in [0, 0.1) is 19.8 Å². The molecule has 57 heavy (non-hydrogen) atoms. The molecule has 7 rings (SSSR count). The van der Waals surface area contributed by atoms with E-state index in [1.54, 1.807) is 32.2 Å². The number of aromatic amines is 2. The van der Waals surface area contributed by atoms with Gasteiger partial charge in [-0.15, -0.1) is 0 Å². The van der Waals surface area contributed by atoms with E-state index in [2.05, 4.69) is 71.7 Å². The van der Waals surface area contributed by atoms with Crippen molar-refractivity contribution in [1.82, 2.24) is 35.2 Å². The van der Waals surface area contributed by atoms with Crippen molar-refractivity contribution in [2.75, 3.05) is 11.9 Å². The van der Waals surface area contributed by atoms with Gasteiger partial charge in [-0.25, -0.2) is 9.97 Å². The Bertz CT molecular complexity index is 2480. The summed E-state index contributed by atoms with van der Waals surface area (Å²) in [4.78, 5) is 74.5. The van der Waals surface area contributed by atoms with Crippen molar-refractivity contribution < 1.29 is 9.59 Å². The van der Waals surface area contributed by atoms with Gasteiger partial charge in [0, 0.05) is 59.5 Å². The molecular weight excluding hydrogens is 717 g/mol. The Morgan fingerprint density at radius 1 is 0.842 bits per heavy atom. The van der Waals surface area contributed by atoms with Gasteiger partial charge in [0.2, 0.25) is 5.91 Å². The first-order valence-corrected chi connectivity index (χ1v) is 19.4. The number of aromatic nitrogens is 6. The van der Waals surface area contributed by atoms with Crippen LogP contribution in [0.15, 0.2) is 101 Å². The molecule has 3 atom stereocenters. The lowest BCUT2D eigenvalue weighted by molar-refractivity contribution is -0.121. The highest BCUT2D eigenvalue weighted by Gasteiger charge is 2.24. The molecule has 0 radical (unpaired) electrons. The molecule has 12 heteroatoms. The monoisotopic (exact) mass is 762 g/mol. The Morgan fingerprint density at radius 2 is 1.54 bits per heavy atom. The standard InChI is InChI=1S/C45H46N8O4/c1-27(32-12-15-34(16-13-32)47-25-31(26-54)23-37-29(3)50-42(53-45(37)57)39-10-6-7-21-46-39)22-30-11-18-40(48-24-30)43-49-28(2)35(44(56)52-43)17-20-41(55)51-38-19-14-33-8-4-5-9-36(33)38/h4-13,15-16,18,21,24,26-27,31,38,47H,14,17,19-20,22-23,25H2,1-3H3,(H,51,55)(H,49,52,56)(H,50,53,57). The van der Waals surface area contributed by atoms with E-state index in [0.717, 1.165) is 42.4 Å². The molecule has 0 saturated carbocycles. The summed E-state index contributed by atoms with van der Waals surface area (Å²) in [5, 5.41) is 6.47. The fourth-order valence-corrected chi connectivity index (χ4v) is 7.48. The van der Waals surface area contributed by atoms with Crippen molar-refractivity contribution in [3.05, 3.63) is 157 Å². The second-order valence-electron chi connectivity index (χ2n) is 14.8. The first kappa shape index (κ1) is 38.7. The fraction of sp³-hybridized carbons (Fsp3) is 0.289. The van der Waals surface area contributed by atoms with E-state index >= 15 is 0 Å². The fourth-order valence-electron chi connectivity index (χ4n) is 7.48. The number of carbonyl (C=O) groups is 2. The summed E-state index contributed by atoms with van der Waals surface area (Å²) >= 11 is 0. The molecule has 0 aliphatic heterocycles. The van der Waals surface area contributed by atoms with Crippen LogP contribution < -0.4 is 21.8 Å². The van der Waals surface area contributed by atoms with Crippen LogP contribution in [-0.4, -0.2) is 48.6 Å². The van der Waals surface area contributed by atoms with E-state index in [9.17, 15) is 19.2 Å². The first-order chi connectivity index (χ1) is 27.6. The van der Waals surface area contributed by atoms with Gasteiger partial charge in [-0.3, -0.25) is 24.4 Å². The van der Waals surface area contributed by atoms with Gasteiger partial charge in [0.1, 0.15) is 17.7 Å². The molecule has 0 fully saturated rings. The molecule has 3 unspecified atom stereocenters. The average Bonchev–Trinajstić information content (AvgIpc) is 3.63. The van der Waals surface area contributed by atoms with Crippen LogP contribution in [0.4, 0.5) is 5.69 Å². The zero-order valence-corrected chi connectivity index (χ0v) is 32.3. The molecule has 1 aliphatic rings. The van der Waals surface area contributed by atoms with Crippen molar-refractivity contribution in [2.45, 2.75) is 71.3 Å².